The van der Waals surface area contributed by atoms with Crippen LogP contribution in [0.1, 0.15) is 38.1 Å². The number of esters is 2. The van der Waals surface area contributed by atoms with E-state index in [1.807, 2.05) is 24.5 Å². The predicted octanol–water partition coefficient (Wildman–Crippen LogP) is 4.03. The van der Waals surface area contributed by atoms with Crippen molar-refractivity contribution < 1.29 is 19.1 Å². The molecule has 30 heavy (non-hydrogen) atoms. The Labute approximate surface area is 175 Å². The maximum absolute atomic E-state index is 12.6. The van der Waals surface area contributed by atoms with Gasteiger partial charge in [-0.25, -0.2) is 14.6 Å². The minimum Gasteiger partial charge on any atom is -0.465 e. The van der Waals surface area contributed by atoms with Crippen molar-refractivity contribution in [3.8, 4) is 0 Å². The first-order valence-electron chi connectivity index (χ1n) is 10.2. The van der Waals surface area contributed by atoms with E-state index in [4.69, 9.17) is 9.47 Å². The second kappa shape index (κ2) is 8.57. The molecule has 0 saturated heterocycles. The summed E-state index contributed by atoms with van der Waals surface area (Å²) in [6.07, 6.45) is 14.7. The van der Waals surface area contributed by atoms with Crippen LogP contribution in [0.5, 0.6) is 0 Å². The summed E-state index contributed by atoms with van der Waals surface area (Å²) in [4.78, 5) is 31.1. The average molecular weight is 407 g/mol. The highest BCUT2D eigenvalue weighted by Gasteiger charge is 2.28. The maximum Gasteiger partial charge on any atom is 0.355 e. The minimum atomic E-state index is -0.626. The van der Waals surface area contributed by atoms with Crippen molar-refractivity contribution in [2.75, 3.05) is 19.1 Å². The number of allylic oxidation sites excluding steroid dienone is 2. The van der Waals surface area contributed by atoms with Crippen LogP contribution in [-0.4, -0.2) is 35.7 Å². The number of fused-ring (bicyclic) bond motifs is 1. The quantitative estimate of drug-likeness (QED) is 0.713. The topological polar surface area (TPSA) is 73.7 Å². The molecule has 0 radical (unpaired) electrons. The number of imidazole rings is 1. The van der Waals surface area contributed by atoms with Gasteiger partial charge >= 0.3 is 11.9 Å². The molecular weight excluding hydrogens is 382 g/mol. The summed E-state index contributed by atoms with van der Waals surface area (Å²) in [5.41, 5.74) is 2.84. The van der Waals surface area contributed by atoms with Gasteiger partial charge < -0.3 is 18.9 Å². The molecule has 2 heterocycles. The zero-order valence-corrected chi connectivity index (χ0v) is 17.2. The lowest BCUT2D eigenvalue weighted by molar-refractivity contribution is -0.139. The molecule has 0 unspecified atom stereocenters. The molecular formula is C23H25N3O4. The second-order valence-corrected chi connectivity index (χ2v) is 7.43. The SMILES string of the molecule is COC(=O)C1=C(C(=O)OC)N(c2ccc3c(c2)ncn3C2CCCCC2)C=CC=C1. The molecule has 0 amide bonds. The van der Waals surface area contributed by atoms with E-state index in [0.29, 0.717) is 11.7 Å². The Balaban J connectivity index is 1.77. The highest BCUT2D eigenvalue weighted by atomic mass is 16.5. The van der Waals surface area contributed by atoms with E-state index in [1.54, 1.807) is 29.3 Å². The second-order valence-electron chi connectivity index (χ2n) is 7.43. The fourth-order valence-corrected chi connectivity index (χ4v) is 4.19. The van der Waals surface area contributed by atoms with Gasteiger partial charge in [0, 0.05) is 17.9 Å². The average Bonchev–Trinajstić information content (AvgIpc) is 3.09. The van der Waals surface area contributed by atoms with Crippen molar-refractivity contribution >= 4 is 28.7 Å². The summed E-state index contributed by atoms with van der Waals surface area (Å²) in [6, 6.07) is 6.35. The first kappa shape index (κ1) is 19.9. The molecule has 1 saturated carbocycles. The van der Waals surface area contributed by atoms with Crippen LogP contribution in [-0.2, 0) is 19.1 Å². The van der Waals surface area contributed by atoms with Gasteiger partial charge in [0.25, 0.3) is 0 Å². The van der Waals surface area contributed by atoms with E-state index in [0.717, 1.165) is 11.0 Å². The molecule has 0 atom stereocenters. The molecule has 7 heteroatoms. The zero-order valence-electron chi connectivity index (χ0n) is 17.2. The van der Waals surface area contributed by atoms with Crippen LogP contribution in [0.15, 0.2) is 60.2 Å². The van der Waals surface area contributed by atoms with Gasteiger partial charge in [0.15, 0.2) is 0 Å². The number of aromatic nitrogens is 2. The molecule has 1 fully saturated rings. The van der Waals surface area contributed by atoms with Crippen molar-refractivity contribution in [1.29, 1.82) is 0 Å². The Hall–Kier alpha value is -3.35. The lowest BCUT2D eigenvalue weighted by Gasteiger charge is -2.24. The normalized spacial score (nSPS) is 17.3. The third-order valence-electron chi connectivity index (χ3n) is 5.69. The molecule has 1 aliphatic heterocycles. The third-order valence-corrected chi connectivity index (χ3v) is 5.69. The van der Waals surface area contributed by atoms with Gasteiger partial charge in [0.1, 0.15) is 5.70 Å². The minimum absolute atomic E-state index is 0.0976. The summed E-state index contributed by atoms with van der Waals surface area (Å²) in [5, 5.41) is 0. The lowest BCUT2D eigenvalue weighted by atomic mass is 9.95. The number of hydrogen-bond donors (Lipinski definition) is 0. The molecule has 0 spiro atoms. The maximum atomic E-state index is 12.6. The van der Waals surface area contributed by atoms with Crippen LogP contribution in [0.25, 0.3) is 11.0 Å². The predicted molar refractivity (Wildman–Crippen MR) is 114 cm³/mol. The standard InChI is InChI=1S/C23H25N3O4/c1-29-22(27)18-10-6-7-13-25(21(18)23(28)30-2)17-11-12-20-19(14-17)24-15-26(20)16-8-4-3-5-9-16/h6-7,10-16H,3-5,8-9H2,1-2H3. The fourth-order valence-electron chi connectivity index (χ4n) is 4.19. The van der Waals surface area contributed by atoms with E-state index in [9.17, 15) is 9.59 Å². The van der Waals surface area contributed by atoms with Crippen molar-refractivity contribution in [3.05, 3.63) is 60.2 Å². The summed E-state index contributed by atoms with van der Waals surface area (Å²) >= 11 is 0. The van der Waals surface area contributed by atoms with Gasteiger partial charge in [-0.1, -0.05) is 25.3 Å². The van der Waals surface area contributed by atoms with Gasteiger partial charge in [-0.3, -0.25) is 0 Å². The molecule has 2 aliphatic rings. The molecule has 2 aromatic rings. The smallest absolute Gasteiger partial charge is 0.355 e. The van der Waals surface area contributed by atoms with Gasteiger partial charge in [-0.05, 0) is 43.2 Å². The van der Waals surface area contributed by atoms with Crippen molar-refractivity contribution in [3.63, 3.8) is 0 Å². The number of nitrogens with zero attached hydrogens (tertiary/aromatic N) is 3. The Bertz CT molecular complexity index is 1060. The number of carbonyl (C=O) groups is 2. The van der Waals surface area contributed by atoms with E-state index in [-0.39, 0.29) is 11.3 Å². The van der Waals surface area contributed by atoms with E-state index in [1.165, 1.54) is 46.3 Å². The third kappa shape index (κ3) is 3.63. The van der Waals surface area contributed by atoms with E-state index < -0.39 is 11.9 Å². The summed E-state index contributed by atoms with van der Waals surface area (Å²) in [7, 11) is 2.57. The molecule has 1 aromatic carbocycles. The van der Waals surface area contributed by atoms with Gasteiger partial charge in [-0.2, -0.15) is 0 Å². The van der Waals surface area contributed by atoms with Crippen molar-refractivity contribution in [2.45, 2.75) is 38.1 Å². The molecule has 7 nitrogen and oxygen atoms in total. The summed E-state index contributed by atoms with van der Waals surface area (Å²) in [5.74, 6) is -1.23. The van der Waals surface area contributed by atoms with Crippen LogP contribution >= 0.6 is 0 Å². The van der Waals surface area contributed by atoms with Crippen LogP contribution in [0, 0.1) is 0 Å². The van der Waals surface area contributed by atoms with Crippen molar-refractivity contribution in [1.82, 2.24) is 9.55 Å². The Kier molecular flexibility index (Phi) is 5.70. The van der Waals surface area contributed by atoms with Crippen LogP contribution in [0.4, 0.5) is 5.69 Å². The van der Waals surface area contributed by atoms with E-state index >= 15 is 0 Å². The molecule has 1 aromatic heterocycles. The van der Waals surface area contributed by atoms with Gasteiger partial charge in [0.05, 0.1) is 37.2 Å². The number of carbonyl (C=O) groups excluding carboxylic acids is 2. The van der Waals surface area contributed by atoms with Crippen LogP contribution < -0.4 is 4.90 Å². The number of hydrogen-bond acceptors (Lipinski definition) is 6. The molecule has 0 N–H and O–H groups in total. The largest absolute Gasteiger partial charge is 0.465 e. The van der Waals surface area contributed by atoms with Gasteiger partial charge in [-0.15, -0.1) is 0 Å². The Morgan fingerprint density at radius 2 is 1.80 bits per heavy atom. The Morgan fingerprint density at radius 1 is 1.03 bits per heavy atom. The number of rotatable bonds is 4. The number of anilines is 1. The first-order chi connectivity index (χ1) is 14.6. The monoisotopic (exact) mass is 407 g/mol. The fraction of sp³-hybridized carbons (Fsp3) is 0.348. The van der Waals surface area contributed by atoms with Gasteiger partial charge in [0.2, 0.25) is 0 Å². The van der Waals surface area contributed by atoms with Crippen LogP contribution in [0.3, 0.4) is 0 Å². The number of benzene rings is 1. The molecule has 0 bridgehead atoms. The molecule has 156 valence electrons. The lowest BCUT2D eigenvalue weighted by Crippen LogP contribution is -2.26. The highest BCUT2D eigenvalue weighted by Crippen LogP contribution is 2.33. The highest BCUT2D eigenvalue weighted by molar-refractivity contribution is 6.05. The summed E-state index contributed by atoms with van der Waals surface area (Å²) in [6.45, 7) is 0. The first-order valence-corrected chi connectivity index (χ1v) is 10.2. The summed E-state index contributed by atoms with van der Waals surface area (Å²) < 4.78 is 12.1. The molecule has 4 rings (SSSR count). The number of ether oxygens (including phenoxy) is 2. The van der Waals surface area contributed by atoms with Crippen LogP contribution in [0.2, 0.25) is 0 Å². The zero-order chi connectivity index (χ0) is 21.1. The van der Waals surface area contributed by atoms with Crippen molar-refractivity contribution in [2.24, 2.45) is 0 Å². The number of methoxy groups -OCH3 is 2. The Morgan fingerprint density at radius 3 is 2.53 bits per heavy atom. The van der Waals surface area contributed by atoms with E-state index in [2.05, 4.69) is 9.55 Å². The molecule has 1 aliphatic carbocycles.